The van der Waals surface area contributed by atoms with Crippen LogP contribution in [0.2, 0.25) is 0 Å². The second kappa shape index (κ2) is 5.66. The average molecular weight is 341 g/mol. The number of halogens is 1. The van der Waals surface area contributed by atoms with E-state index in [-0.39, 0.29) is 5.91 Å². The van der Waals surface area contributed by atoms with Gasteiger partial charge in [0.25, 0.3) is 5.91 Å². The number of amides is 1. The van der Waals surface area contributed by atoms with Gasteiger partial charge in [-0.15, -0.1) is 0 Å². The molecule has 0 aliphatic rings. The van der Waals surface area contributed by atoms with Crippen LogP contribution < -0.4 is 5.32 Å². The van der Waals surface area contributed by atoms with E-state index < -0.39 is 0 Å². The summed E-state index contributed by atoms with van der Waals surface area (Å²) in [7, 11) is 0. The van der Waals surface area contributed by atoms with Gasteiger partial charge in [0, 0.05) is 21.7 Å². The first-order valence-electron chi connectivity index (χ1n) is 6.56. The van der Waals surface area contributed by atoms with Gasteiger partial charge >= 0.3 is 0 Å². The molecule has 21 heavy (non-hydrogen) atoms. The molecule has 1 aromatic heterocycles. The number of aromatic nitrogens is 1. The molecule has 0 saturated carbocycles. The number of anilines is 1. The Hall–Kier alpha value is -2.20. The normalized spacial score (nSPS) is 10.6. The highest BCUT2D eigenvalue weighted by Crippen LogP contribution is 2.23. The summed E-state index contributed by atoms with van der Waals surface area (Å²) in [5, 5.41) is 3.81. The van der Waals surface area contributed by atoms with Crippen LogP contribution in [0.4, 0.5) is 5.69 Å². The van der Waals surface area contributed by atoms with Gasteiger partial charge in [-0.3, -0.25) is 9.78 Å². The number of nitrogens with zero attached hydrogens (tertiary/aromatic N) is 1. The maximum atomic E-state index is 12.5. The topological polar surface area (TPSA) is 42.0 Å². The van der Waals surface area contributed by atoms with Crippen LogP contribution in [0.5, 0.6) is 0 Å². The average Bonchev–Trinajstić information content (AvgIpc) is 2.50. The number of para-hydroxylation sites is 1. The first-order valence-corrected chi connectivity index (χ1v) is 7.36. The van der Waals surface area contributed by atoms with Gasteiger partial charge in [-0.05, 0) is 36.8 Å². The van der Waals surface area contributed by atoms with Gasteiger partial charge < -0.3 is 5.32 Å². The van der Waals surface area contributed by atoms with Gasteiger partial charge in [0.1, 0.15) is 0 Å². The van der Waals surface area contributed by atoms with E-state index >= 15 is 0 Å². The Morgan fingerprint density at radius 1 is 1.14 bits per heavy atom. The van der Waals surface area contributed by atoms with Crippen molar-refractivity contribution in [1.29, 1.82) is 0 Å². The Labute approximate surface area is 131 Å². The molecule has 2 aromatic carbocycles. The van der Waals surface area contributed by atoms with E-state index in [1.807, 2.05) is 49.4 Å². The molecule has 3 aromatic rings. The Balaban J connectivity index is 1.99. The van der Waals surface area contributed by atoms with E-state index in [0.717, 1.165) is 26.6 Å². The monoisotopic (exact) mass is 340 g/mol. The summed E-state index contributed by atoms with van der Waals surface area (Å²) in [6, 6.07) is 15.2. The first kappa shape index (κ1) is 13.8. The van der Waals surface area contributed by atoms with Crippen LogP contribution in [0, 0.1) is 6.92 Å². The molecule has 3 nitrogen and oxygen atoms in total. The fraction of sp³-hybridized carbons (Fsp3) is 0.0588. The molecule has 0 aliphatic heterocycles. The van der Waals surface area contributed by atoms with Crippen LogP contribution >= 0.6 is 15.9 Å². The third-order valence-corrected chi connectivity index (χ3v) is 3.83. The maximum Gasteiger partial charge on any atom is 0.256 e. The molecular formula is C17H13BrN2O. The van der Waals surface area contributed by atoms with Crippen LogP contribution in [-0.2, 0) is 0 Å². The zero-order chi connectivity index (χ0) is 14.8. The highest BCUT2D eigenvalue weighted by atomic mass is 79.9. The van der Waals surface area contributed by atoms with E-state index in [0.29, 0.717) is 5.56 Å². The van der Waals surface area contributed by atoms with E-state index in [1.54, 1.807) is 12.3 Å². The fourth-order valence-electron chi connectivity index (χ4n) is 2.21. The third kappa shape index (κ3) is 2.81. The maximum absolute atomic E-state index is 12.5. The molecule has 0 atom stereocenters. The summed E-state index contributed by atoms with van der Waals surface area (Å²) < 4.78 is 0.933. The summed E-state index contributed by atoms with van der Waals surface area (Å²) in [5.74, 6) is -0.130. The summed E-state index contributed by atoms with van der Waals surface area (Å²) >= 11 is 3.42. The lowest BCUT2D eigenvalue weighted by atomic mass is 10.1. The molecular weight excluding hydrogens is 328 g/mol. The van der Waals surface area contributed by atoms with Crippen LogP contribution in [0.25, 0.3) is 10.9 Å². The van der Waals surface area contributed by atoms with Gasteiger partial charge in [-0.1, -0.05) is 40.2 Å². The van der Waals surface area contributed by atoms with Gasteiger partial charge in [-0.25, -0.2) is 0 Å². The standard InChI is InChI=1S/C17H13BrN2O/c1-11-6-7-12(18)10-16(11)20-17(21)14-8-9-19-15-5-3-2-4-13(14)15/h2-10H,1H3,(H,20,21). The van der Waals surface area contributed by atoms with E-state index in [1.165, 1.54) is 0 Å². The van der Waals surface area contributed by atoms with E-state index in [2.05, 4.69) is 26.2 Å². The number of hydrogen-bond donors (Lipinski definition) is 1. The zero-order valence-electron chi connectivity index (χ0n) is 11.4. The van der Waals surface area contributed by atoms with Crippen molar-refractivity contribution in [3.8, 4) is 0 Å². The number of rotatable bonds is 2. The van der Waals surface area contributed by atoms with Crippen LogP contribution in [-0.4, -0.2) is 10.9 Å². The van der Waals surface area contributed by atoms with Crippen molar-refractivity contribution in [1.82, 2.24) is 4.98 Å². The van der Waals surface area contributed by atoms with Gasteiger partial charge in [0.15, 0.2) is 0 Å². The van der Waals surface area contributed by atoms with Gasteiger partial charge in [0.2, 0.25) is 0 Å². The summed E-state index contributed by atoms with van der Waals surface area (Å²) in [4.78, 5) is 16.8. The lowest BCUT2D eigenvalue weighted by Crippen LogP contribution is -2.13. The fourth-order valence-corrected chi connectivity index (χ4v) is 2.57. The van der Waals surface area contributed by atoms with Gasteiger partial charge in [0.05, 0.1) is 11.1 Å². The highest BCUT2D eigenvalue weighted by Gasteiger charge is 2.11. The molecule has 0 bridgehead atoms. The van der Waals surface area contributed by atoms with Crippen molar-refractivity contribution in [3.63, 3.8) is 0 Å². The minimum atomic E-state index is -0.130. The van der Waals surface area contributed by atoms with Crippen molar-refractivity contribution in [2.24, 2.45) is 0 Å². The lowest BCUT2D eigenvalue weighted by molar-refractivity contribution is 0.102. The first-order chi connectivity index (χ1) is 10.1. The molecule has 0 radical (unpaired) electrons. The Bertz CT molecular complexity index is 825. The molecule has 0 spiro atoms. The molecule has 1 N–H and O–H groups in total. The molecule has 0 saturated heterocycles. The summed E-state index contributed by atoms with van der Waals surface area (Å²) in [6.45, 7) is 1.96. The third-order valence-electron chi connectivity index (χ3n) is 3.34. The predicted octanol–water partition coefficient (Wildman–Crippen LogP) is 4.56. The zero-order valence-corrected chi connectivity index (χ0v) is 13.0. The number of carbonyl (C=O) groups is 1. The molecule has 0 fully saturated rings. The second-order valence-corrected chi connectivity index (χ2v) is 5.70. The summed E-state index contributed by atoms with van der Waals surface area (Å²) in [5.41, 5.74) is 3.26. The summed E-state index contributed by atoms with van der Waals surface area (Å²) in [6.07, 6.45) is 1.66. The molecule has 0 aliphatic carbocycles. The minimum absolute atomic E-state index is 0.130. The van der Waals surface area contributed by atoms with Crippen LogP contribution in [0.3, 0.4) is 0 Å². The molecule has 0 unspecified atom stereocenters. The van der Waals surface area contributed by atoms with Crippen molar-refractivity contribution in [2.45, 2.75) is 6.92 Å². The van der Waals surface area contributed by atoms with Crippen LogP contribution in [0.1, 0.15) is 15.9 Å². The predicted molar refractivity (Wildman–Crippen MR) is 88.6 cm³/mol. The van der Waals surface area contributed by atoms with Crippen molar-refractivity contribution in [3.05, 3.63) is 70.3 Å². The van der Waals surface area contributed by atoms with E-state index in [4.69, 9.17) is 0 Å². The number of pyridine rings is 1. The Kier molecular flexibility index (Phi) is 3.71. The van der Waals surface area contributed by atoms with Gasteiger partial charge in [-0.2, -0.15) is 0 Å². The number of hydrogen-bond acceptors (Lipinski definition) is 2. The SMILES string of the molecule is Cc1ccc(Br)cc1NC(=O)c1ccnc2ccccc12. The number of nitrogens with one attached hydrogen (secondary N) is 1. The highest BCUT2D eigenvalue weighted by molar-refractivity contribution is 9.10. The smallest absolute Gasteiger partial charge is 0.256 e. The lowest BCUT2D eigenvalue weighted by Gasteiger charge is -2.10. The number of carbonyl (C=O) groups excluding carboxylic acids is 1. The van der Waals surface area contributed by atoms with Crippen LogP contribution in [0.15, 0.2) is 59.2 Å². The molecule has 3 rings (SSSR count). The minimum Gasteiger partial charge on any atom is -0.322 e. The molecule has 1 amide bonds. The number of benzene rings is 2. The van der Waals surface area contributed by atoms with Crippen molar-refractivity contribution in [2.75, 3.05) is 5.32 Å². The largest absolute Gasteiger partial charge is 0.322 e. The molecule has 104 valence electrons. The Morgan fingerprint density at radius 2 is 1.95 bits per heavy atom. The second-order valence-electron chi connectivity index (χ2n) is 4.79. The quantitative estimate of drug-likeness (QED) is 0.743. The van der Waals surface area contributed by atoms with Crippen molar-refractivity contribution < 1.29 is 4.79 Å². The molecule has 1 heterocycles. The molecule has 4 heteroatoms. The number of fused-ring (bicyclic) bond motifs is 1. The van der Waals surface area contributed by atoms with Crippen molar-refractivity contribution >= 4 is 38.4 Å². The number of aryl methyl sites for hydroxylation is 1. The Morgan fingerprint density at radius 3 is 2.81 bits per heavy atom. The van der Waals surface area contributed by atoms with E-state index in [9.17, 15) is 4.79 Å².